The van der Waals surface area contributed by atoms with Gasteiger partial charge in [-0.2, -0.15) is 0 Å². The molecule has 17 heavy (non-hydrogen) atoms. The number of carbonyl (C=O) groups is 1. The van der Waals surface area contributed by atoms with Crippen LogP contribution >= 0.6 is 27.3 Å². The molecule has 1 aromatic rings. The molecule has 1 rings (SSSR count). The summed E-state index contributed by atoms with van der Waals surface area (Å²) in [5.41, 5.74) is 1.12. The molecule has 1 amide bonds. The van der Waals surface area contributed by atoms with Crippen molar-refractivity contribution in [1.29, 1.82) is 0 Å². The lowest BCUT2D eigenvalue weighted by Gasteiger charge is -2.14. The average Bonchev–Trinajstić information content (AvgIpc) is 2.56. The van der Waals surface area contributed by atoms with E-state index < -0.39 is 0 Å². The molecule has 0 aliphatic rings. The molecule has 0 saturated heterocycles. The highest BCUT2D eigenvalue weighted by molar-refractivity contribution is 9.11. The number of hydrogen-bond acceptors (Lipinski definition) is 2. The monoisotopic (exact) mass is 317 g/mol. The number of hydrogen-bond donors (Lipinski definition) is 1. The third kappa shape index (κ3) is 4.80. The van der Waals surface area contributed by atoms with Crippen molar-refractivity contribution in [1.82, 2.24) is 5.32 Å². The maximum absolute atomic E-state index is 11.9. The number of aryl methyl sites for hydroxylation is 1. The highest BCUT2D eigenvalue weighted by Crippen LogP contribution is 2.27. The second-order valence-electron chi connectivity index (χ2n) is 4.91. The van der Waals surface area contributed by atoms with Crippen molar-refractivity contribution in [2.24, 2.45) is 5.92 Å². The minimum atomic E-state index is 0.0417. The van der Waals surface area contributed by atoms with Gasteiger partial charge in [0.2, 0.25) is 0 Å². The van der Waals surface area contributed by atoms with Gasteiger partial charge in [-0.15, -0.1) is 11.3 Å². The van der Waals surface area contributed by atoms with Crippen LogP contribution in [-0.4, -0.2) is 11.9 Å². The molecule has 1 N–H and O–H groups in total. The lowest BCUT2D eigenvalue weighted by molar-refractivity contribution is 0.0941. The average molecular weight is 318 g/mol. The molecular weight excluding hydrogens is 298 g/mol. The van der Waals surface area contributed by atoms with Crippen LogP contribution in [0.3, 0.4) is 0 Å². The predicted octanol–water partition coefficient (Wildman–Crippen LogP) is 4.37. The molecule has 1 atom stereocenters. The van der Waals surface area contributed by atoms with Crippen molar-refractivity contribution >= 4 is 33.2 Å². The number of thiophene rings is 1. The molecule has 0 spiro atoms. The molecule has 0 saturated carbocycles. The van der Waals surface area contributed by atoms with E-state index in [0.29, 0.717) is 5.92 Å². The Morgan fingerprint density at radius 1 is 1.41 bits per heavy atom. The molecule has 0 aromatic carbocycles. The van der Waals surface area contributed by atoms with Gasteiger partial charge in [-0.05, 0) is 60.2 Å². The van der Waals surface area contributed by atoms with Crippen molar-refractivity contribution in [3.05, 3.63) is 20.3 Å². The molecule has 1 heterocycles. The number of halogens is 1. The second-order valence-corrected chi connectivity index (χ2v) is 7.28. The minimum Gasteiger partial charge on any atom is -0.349 e. The summed E-state index contributed by atoms with van der Waals surface area (Å²) in [6, 6.07) is 2.17. The van der Waals surface area contributed by atoms with Crippen molar-refractivity contribution < 1.29 is 4.79 Å². The quantitative estimate of drug-likeness (QED) is 0.858. The fourth-order valence-electron chi connectivity index (χ4n) is 1.52. The van der Waals surface area contributed by atoms with Gasteiger partial charge in [0.05, 0.1) is 8.66 Å². The Morgan fingerprint density at radius 2 is 2.06 bits per heavy atom. The van der Waals surface area contributed by atoms with Gasteiger partial charge >= 0.3 is 0 Å². The zero-order chi connectivity index (χ0) is 13.0. The zero-order valence-electron chi connectivity index (χ0n) is 10.8. The number of amides is 1. The Bertz CT molecular complexity index is 367. The maximum atomic E-state index is 11.9. The first-order valence-electron chi connectivity index (χ1n) is 5.97. The molecule has 0 aliphatic heterocycles. The van der Waals surface area contributed by atoms with Crippen molar-refractivity contribution in [2.45, 2.75) is 46.6 Å². The molecule has 4 heteroatoms. The Hall–Kier alpha value is -0.350. The lowest BCUT2D eigenvalue weighted by atomic mass is 10.0. The smallest absolute Gasteiger partial charge is 0.261 e. The molecule has 0 fully saturated rings. The van der Waals surface area contributed by atoms with E-state index in [-0.39, 0.29) is 11.9 Å². The molecule has 0 bridgehead atoms. The fraction of sp³-hybridized carbons (Fsp3) is 0.615. The van der Waals surface area contributed by atoms with Crippen LogP contribution in [0.15, 0.2) is 9.85 Å². The highest BCUT2D eigenvalue weighted by Gasteiger charge is 2.13. The van der Waals surface area contributed by atoms with Crippen LogP contribution < -0.4 is 5.32 Å². The van der Waals surface area contributed by atoms with Crippen LogP contribution in [0.1, 0.15) is 48.8 Å². The SMILES string of the molecule is Cc1cc(C(=O)NC(C)CCC(C)C)sc1Br. The molecule has 0 aliphatic carbocycles. The summed E-state index contributed by atoms with van der Waals surface area (Å²) in [7, 11) is 0. The van der Waals surface area contributed by atoms with Gasteiger partial charge in [0.15, 0.2) is 0 Å². The Balaban J connectivity index is 2.48. The summed E-state index contributed by atoms with van der Waals surface area (Å²) >= 11 is 4.93. The minimum absolute atomic E-state index is 0.0417. The third-order valence-corrected chi connectivity index (χ3v) is 4.77. The first-order chi connectivity index (χ1) is 7.90. The molecule has 1 unspecified atom stereocenters. The van der Waals surface area contributed by atoms with Crippen LogP contribution in [0.5, 0.6) is 0 Å². The maximum Gasteiger partial charge on any atom is 0.261 e. The number of nitrogens with one attached hydrogen (secondary N) is 1. The Kier molecular flexibility index (Phi) is 5.67. The number of rotatable bonds is 5. The van der Waals surface area contributed by atoms with E-state index in [2.05, 4.69) is 42.0 Å². The van der Waals surface area contributed by atoms with E-state index in [1.807, 2.05) is 13.0 Å². The molecular formula is C13H20BrNOS. The normalized spacial score (nSPS) is 12.8. The Morgan fingerprint density at radius 3 is 2.53 bits per heavy atom. The van der Waals surface area contributed by atoms with Gasteiger partial charge < -0.3 is 5.32 Å². The molecule has 2 nitrogen and oxygen atoms in total. The van der Waals surface area contributed by atoms with Crippen LogP contribution in [0.25, 0.3) is 0 Å². The van der Waals surface area contributed by atoms with Gasteiger partial charge in [0, 0.05) is 6.04 Å². The van der Waals surface area contributed by atoms with Crippen LogP contribution in [0, 0.1) is 12.8 Å². The summed E-state index contributed by atoms with van der Waals surface area (Å²) in [5.74, 6) is 0.729. The van der Waals surface area contributed by atoms with Gasteiger partial charge in [-0.25, -0.2) is 0 Å². The summed E-state index contributed by atoms with van der Waals surface area (Å²) in [4.78, 5) is 12.7. The summed E-state index contributed by atoms with van der Waals surface area (Å²) in [6.45, 7) is 8.47. The lowest BCUT2D eigenvalue weighted by Crippen LogP contribution is -2.32. The van der Waals surface area contributed by atoms with Crippen molar-refractivity contribution in [2.75, 3.05) is 0 Å². The van der Waals surface area contributed by atoms with E-state index in [9.17, 15) is 4.79 Å². The van der Waals surface area contributed by atoms with E-state index in [4.69, 9.17) is 0 Å². The fourth-order valence-corrected chi connectivity index (χ4v) is 2.96. The Labute approximate surface area is 116 Å². The van der Waals surface area contributed by atoms with E-state index in [1.165, 1.54) is 11.3 Å². The van der Waals surface area contributed by atoms with Gasteiger partial charge in [0.25, 0.3) is 5.91 Å². The van der Waals surface area contributed by atoms with E-state index in [0.717, 1.165) is 27.1 Å². The zero-order valence-corrected chi connectivity index (χ0v) is 13.2. The van der Waals surface area contributed by atoms with Crippen LogP contribution in [0.2, 0.25) is 0 Å². The summed E-state index contributed by atoms with van der Waals surface area (Å²) in [5, 5.41) is 3.04. The summed E-state index contributed by atoms with van der Waals surface area (Å²) in [6.07, 6.45) is 2.18. The van der Waals surface area contributed by atoms with Crippen LogP contribution in [0.4, 0.5) is 0 Å². The van der Waals surface area contributed by atoms with Gasteiger partial charge in [-0.1, -0.05) is 13.8 Å². The highest BCUT2D eigenvalue weighted by atomic mass is 79.9. The second kappa shape index (κ2) is 6.55. The van der Waals surface area contributed by atoms with Crippen molar-refractivity contribution in [3.63, 3.8) is 0 Å². The largest absolute Gasteiger partial charge is 0.349 e. The summed E-state index contributed by atoms with van der Waals surface area (Å²) < 4.78 is 1.04. The van der Waals surface area contributed by atoms with Crippen molar-refractivity contribution in [3.8, 4) is 0 Å². The topological polar surface area (TPSA) is 29.1 Å². The first kappa shape index (κ1) is 14.7. The van der Waals surface area contributed by atoms with E-state index in [1.54, 1.807) is 0 Å². The van der Waals surface area contributed by atoms with E-state index >= 15 is 0 Å². The predicted molar refractivity (Wildman–Crippen MR) is 77.8 cm³/mol. The number of carbonyl (C=O) groups excluding carboxylic acids is 1. The standard InChI is InChI=1S/C13H20BrNOS/c1-8(2)5-6-10(4)15-13(16)11-7-9(3)12(14)17-11/h7-8,10H,5-6H2,1-4H3,(H,15,16). The van der Waals surface area contributed by atoms with Gasteiger partial charge in [0.1, 0.15) is 0 Å². The first-order valence-corrected chi connectivity index (χ1v) is 7.58. The molecule has 0 radical (unpaired) electrons. The van der Waals surface area contributed by atoms with Crippen LogP contribution in [-0.2, 0) is 0 Å². The molecule has 1 aromatic heterocycles. The third-order valence-electron chi connectivity index (χ3n) is 2.64. The van der Waals surface area contributed by atoms with Gasteiger partial charge in [-0.3, -0.25) is 4.79 Å². The molecule has 96 valence electrons.